The maximum atomic E-state index is 9.80. The summed E-state index contributed by atoms with van der Waals surface area (Å²) in [5, 5.41) is 14.0. The van der Waals surface area contributed by atoms with Gasteiger partial charge >= 0.3 is 0 Å². The lowest BCUT2D eigenvalue weighted by molar-refractivity contribution is 0.189. The number of pyridine rings is 1. The van der Waals surface area contributed by atoms with E-state index in [0.717, 1.165) is 40.1 Å². The number of aromatic nitrogens is 1. The SMILES string of the molecule is CCN=c1cc(NCC)cc2n(O)cccc1-2. The number of nitrogens with zero attached hydrogens (tertiary/aromatic N) is 2. The van der Waals surface area contributed by atoms with Gasteiger partial charge in [-0.1, -0.05) is 0 Å². The molecule has 0 bridgehead atoms. The highest BCUT2D eigenvalue weighted by molar-refractivity contribution is 5.67. The van der Waals surface area contributed by atoms with Crippen molar-refractivity contribution >= 4 is 5.69 Å². The van der Waals surface area contributed by atoms with E-state index in [4.69, 9.17) is 0 Å². The highest BCUT2D eigenvalue weighted by atomic mass is 16.5. The average Bonchev–Trinajstić information content (AvgIpc) is 2.31. The lowest BCUT2D eigenvalue weighted by atomic mass is 10.1. The highest BCUT2D eigenvalue weighted by Crippen LogP contribution is 2.20. The number of hydrogen-bond acceptors (Lipinski definition) is 3. The molecule has 0 fully saturated rings. The first-order valence-corrected chi connectivity index (χ1v) is 5.85. The van der Waals surface area contributed by atoms with Crippen LogP contribution in [-0.4, -0.2) is 23.0 Å². The Balaban J connectivity index is 2.71. The Kier molecular flexibility index (Phi) is 3.32. The minimum absolute atomic E-state index is 0.727. The summed E-state index contributed by atoms with van der Waals surface area (Å²) in [5.74, 6) is 0. The van der Waals surface area contributed by atoms with Gasteiger partial charge in [0.25, 0.3) is 0 Å². The molecule has 0 spiro atoms. The van der Waals surface area contributed by atoms with Gasteiger partial charge in [0.15, 0.2) is 0 Å². The number of anilines is 1. The van der Waals surface area contributed by atoms with Crippen LogP contribution in [0.2, 0.25) is 0 Å². The molecule has 4 nitrogen and oxygen atoms in total. The van der Waals surface area contributed by atoms with Crippen LogP contribution >= 0.6 is 0 Å². The second-order valence-electron chi connectivity index (χ2n) is 3.79. The Morgan fingerprint density at radius 3 is 2.88 bits per heavy atom. The summed E-state index contributed by atoms with van der Waals surface area (Å²) in [6.07, 6.45) is 1.62. The molecule has 0 aromatic rings. The summed E-state index contributed by atoms with van der Waals surface area (Å²) in [4.78, 5) is 4.45. The molecule has 1 aliphatic heterocycles. The fourth-order valence-corrected chi connectivity index (χ4v) is 1.89. The predicted molar refractivity (Wildman–Crippen MR) is 68.5 cm³/mol. The molecule has 0 amide bonds. The van der Waals surface area contributed by atoms with Crippen molar-refractivity contribution in [1.82, 2.24) is 4.73 Å². The van der Waals surface area contributed by atoms with Crippen LogP contribution < -0.4 is 10.7 Å². The van der Waals surface area contributed by atoms with Crippen molar-refractivity contribution in [3.8, 4) is 11.3 Å². The van der Waals surface area contributed by atoms with Gasteiger partial charge < -0.3 is 10.5 Å². The summed E-state index contributed by atoms with van der Waals surface area (Å²) in [6.45, 7) is 5.61. The molecule has 2 rings (SSSR count). The Labute approximate surface area is 101 Å². The van der Waals surface area contributed by atoms with Crippen molar-refractivity contribution < 1.29 is 5.21 Å². The zero-order valence-corrected chi connectivity index (χ0v) is 10.1. The van der Waals surface area contributed by atoms with E-state index in [0.29, 0.717) is 0 Å². The molecule has 0 saturated heterocycles. The molecule has 0 saturated carbocycles. The quantitative estimate of drug-likeness (QED) is 0.795. The third kappa shape index (κ3) is 2.25. The molecule has 0 radical (unpaired) electrons. The number of hydrogen-bond donors (Lipinski definition) is 2. The Morgan fingerprint density at radius 2 is 2.18 bits per heavy atom. The summed E-state index contributed by atoms with van der Waals surface area (Å²) >= 11 is 0. The van der Waals surface area contributed by atoms with Crippen molar-refractivity contribution in [3.63, 3.8) is 0 Å². The van der Waals surface area contributed by atoms with Crippen LogP contribution in [0, 0.1) is 0 Å². The number of rotatable bonds is 3. The first-order valence-electron chi connectivity index (χ1n) is 5.85. The molecule has 4 heteroatoms. The summed E-state index contributed by atoms with van der Waals surface area (Å²) in [7, 11) is 0. The van der Waals surface area contributed by atoms with E-state index in [1.807, 2.05) is 38.1 Å². The molecule has 0 aromatic heterocycles. The van der Waals surface area contributed by atoms with E-state index in [1.54, 1.807) is 6.20 Å². The fourth-order valence-electron chi connectivity index (χ4n) is 1.89. The summed E-state index contributed by atoms with van der Waals surface area (Å²) < 4.78 is 1.13. The van der Waals surface area contributed by atoms with Crippen LogP contribution in [0.15, 0.2) is 35.5 Å². The molecule has 1 aliphatic carbocycles. The normalized spacial score (nSPS) is 12.0. The van der Waals surface area contributed by atoms with Gasteiger partial charge in [0.1, 0.15) is 0 Å². The largest absolute Gasteiger partial charge is 0.428 e. The minimum Gasteiger partial charge on any atom is -0.428 e. The zero-order valence-electron chi connectivity index (χ0n) is 10.1. The number of nitrogens with one attached hydrogen (secondary N) is 1. The minimum atomic E-state index is 0.727. The van der Waals surface area contributed by atoms with Gasteiger partial charge in [0.05, 0.1) is 11.1 Å². The maximum absolute atomic E-state index is 9.80. The number of benzene rings is 1. The van der Waals surface area contributed by atoms with Gasteiger partial charge in [-0.25, -0.2) is 0 Å². The summed E-state index contributed by atoms with van der Waals surface area (Å²) in [6, 6.07) is 7.71. The van der Waals surface area contributed by atoms with Crippen molar-refractivity contribution in [2.75, 3.05) is 18.4 Å². The second kappa shape index (κ2) is 4.91. The first kappa shape index (κ1) is 11.5. The van der Waals surface area contributed by atoms with E-state index in [2.05, 4.69) is 10.3 Å². The Bertz CT molecular complexity index is 545. The molecule has 2 N–H and O–H groups in total. The lowest BCUT2D eigenvalue weighted by Crippen LogP contribution is -2.14. The first-order chi connectivity index (χ1) is 8.26. The smallest absolute Gasteiger partial charge is 0.0906 e. The molecule has 1 heterocycles. The molecule has 2 aliphatic rings. The van der Waals surface area contributed by atoms with Crippen LogP contribution in [0.5, 0.6) is 0 Å². The van der Waals surface area contributed by atoms with E-state index >= 15 is 0 Å². The fraction of sp³-hybridized carbons (Fsp3) is 0.308. The third-order valence-electron chi connectivity index (χ3n) is 2.58. The van der Waals surface area contributed by atoms with Crippen molar-refractivity contribution in [1.29, 1.82) is 0 Å². The van der Waals surface area contributed by atoms with Gasteiger partial charge in [-0.2, -0.15) is 4.73 Å². The third-order valence-corrected chi connectivity index (χ3v) is 2.58. The molecule has 0 aromatic carbocycles. The van der Waals surface area contributed by atoms with Crippen LogP contribution in [0.25, 0.3) is 11.3 Å². The highest BCUT2D eigenvalue weighted by Gasteiger charge is 2.09. The maximum Gasteiger partial charge on any atom is 0.0906 e. The monoisotopic (exact) mass is 231 g/mol. The van der Waals surface area contributed by atoms with E-state index < -0.39 is 0 Å². The predicted octanol–water partition coefficient (Wildman–Crippen LogP) is 2.18. The van der Waals surface area contributed by atoms with Crippen LogP contribution in [0.3, 0.4) is 0 Å². The van der Waals surface area contributed by atoms with E-state index in [9.17, 15) is 5.21 Å². The average molecular weight is 231 g/mol. The van der Waals surface area contributed by atoms with E-state index in [-0.39, 0.29) is 0 Å². The Morgan fingerprint density at radius 1 is 1.35 bits per heavy atom. The van der Waals surface area contributed by atoms with Crippen LogP contribution in [0.1, 0.15) is 13.8 Å². The standard InChI is InChI=1S/C13H17N3O/c1-3-14-10-8-12(15-4-2)11-6-5-7-16(17)13(11)9-10/h5-9,14,17H,3-4H2,1-2H3. The van der Waals surface area contributed by atoms with Crippen molar-refractivity contribution in [2.45, 2.75) is 13.8 Å². The molecule has 17 heavy (non-hydrogen) atoms. The van der Waals surface area contributed by atoms with Crippen LogP contribution in [0.4, 0.5) is 5.69 Å². The van der Waals surface area contributed by atoms with Gasteiger partial charge in [0.2, 0.25) is 0 Å². The van der Waals surface area contributed by atoms with Gasteiger partial charge in [-0.15, -0.1) is 0 Å². The van der Waals surface area contributed by atoms with E-state index in [1.165, 1.54) is 0 Å². The van der Waals surface area contributed by atoms with Crippen molar-refractivity contribution in [3.05, 3.63) is 35.8 Å². The van der Waals surface area contributed by atoms with Gasteiger partial charge in [-0.05, 0) is 38.1 Å². The van der Waals surface area contributed by atoms with Crippen molar-refractivity contribution in [2.24, 2.45) is 4.99 Å². The molecule has 90 valence electrons. The lowest BCUT2D eigenvalue weighted by Gasteiger charge is -2.13. The summed E-state index contributed by atoms with van der Waals surface area (Å²) in [5.41, 5.74) is 2.69. The second-order valence-corrected chi connectivity index (χ2v) is 3.79. The Hall–Kier alpha value is -1.97. The van der Waals surface area contributed by atoms with Gasteiger partial charge in [0, 0.05) is 30.5 Å². The van der Waals surface area contributed by atoms with Crippen LogP contribution in [-0.2, 0) is 0 Å². The molecule has 0 unspecified atom stereocenters. The molecular weight excluding hydrogens is 214 g/mol. The molecule has 0 atom stereocenters. The number of fused-ring (bicyclic) bond motifs is 1. The van der Waals surface area contributed by atoms with Gasteiger partial charge in [-0.3, -0.25) is 4.99 Å². The molecular formula is C13H17N3O. The topological polar surface area (TPSA) is 49.5 Å². The zero-order chi connectivity index (χ0) is 12.3.